The third-order valence-corrected chi connectivity index (χ3v) is 5.80. The van der Waals surface area contributed by atoms with Gasteiger partial charge >= 0.3 is 0 Å². The van der Waals surface area contributed by atoms with Crippen molar-refractivity contribution in [3.8, 4) is 5.75 Å². The maximum Gasteiger partial charge on any atom is 0.241 e. The molecule has 0 saturated carbocycles. The van der Waals surface area contributed by atoms with Crippen LogP contribution in [0, 0.1) is 0 Å². The van der Waals surface area contributed by atoms with Crippen molar-refractivity contribution >= 4 is 23.2 Å². The highest BCUT2D eigenvalue weighted by Crippen LogP contribution is 2.28. The zero-order valence-electron chi connectivity index (χ0n) is 15.9. The minimum Gasteiger partial charge on any atom is -0.497 e. The van der Waals surface area contributed by atoms with E-state index in [-0.39, 0.29) is 18.0 Å². The van der Waals surface area contributed by atoms with Crippen LogP contribution in [0.3, 0.4) is 0 Å². The smallest absolute Gasteiger partial charge is 0.241 e. The Morgan fingerprint density at radius 2 is 1.86 bits per heavy atom. The number of carbonyl (C=O) groups excluding carboxylic acids is 1. The van der Waals surface area contributed by atoms with Crippen LogP contribution in [0.1, 0.15) is 18.0 Å². The molecule has 0 spiro atoms. The number of anilines is 1. The zero-order valence-corrected chi connectivity index (χ0v) is 16.7. The van der Waals surface area contributed by atoms with E-state index < -0.39 is 0 Å². The molecule has 0 aromatic heterocycles. The van der Waals surface area contributed by atoms with Gasteiger partial charge in [0.15, 0.2) is 0 Å². The van der Waals surface area contributed by atoms with Gasteiger partial charge in [0, 0.05) is 32.2 Å². The van der Waals surface area contributed by atoms with E-state index >= 15 is 0 Å². The number of para-hydroxylation sites is 1. The van der Waals surface area contributed by atoms with Gasteiger partial charge in [0.25, 0.3) is 0 Å². The number of hydrogen-bond donors (Lipinski definition) is 2. The lowest BCUT2D eigenvalue weighted by Crippen LogP contribution is -2.53. The largest absolute Gasteiger partial charge is 0.497 e. The summed E-state index contributed by atoms with van der Waals surface area (Å²) in [6.45, 7) is 2.97. The van der Waals surface area contributed by atoms with E-state index in [9.17, 15) is 4.79 Å². The molecule has 2 heterocycles. The third kappa shape index (κ3) is 3.94. The molecule has 2 unspecified atom stereocenters. The minimum atomic E-state index is -0.219. The Kier molecular flexibility index (Phi) is 5.71. The monoisotopic (exact) mass is 400 g/mol. The van der Waals surface area contributed by atoms with E-state index in [0.717, 1.165) is 41.5 Å². The van der Waals surface area contributed by atoms with Gasteiger partial charge in [-0.3, -0.25) is 4.79 Å². The topological polar surface area (TPSA) is 56.8 Å². The van der Waals surface area contributed by atoms with Gasteiger partial charge in [-0.2, -0.15) is 0 Å². The molecule has 2 saturated heterocycles. The van der Waals surface area contributed by atoms with E-state index in [1.165, 1.54) is 0 Å². The Morgan fingerprint density at radius 1 is 1.07 bits per heavy atom. The van der Waals surface area contributed by atoms with Crippen molar-refractivity contribution in [3.63, 3.8) is 0 Å². The number of hydrogen-bond acceptors (Lipinski definition) is 5. The lowest BCUT2D eigenvalue weighted by Gasteiger charge is -2.37. The molecule has 2 atom stereocenters. The first-order valence-electron chi connectivity index (χ1n) is 9.59. The van der Waals surface area contributed by atoms with Crippen molar-refractivity contribution in [1.29, 1.82) is 0 Å². The van der Waals surface area contributed by atoms with Crippen LogP contribution >= 0.6 is 11.6 Å². The number of hydrazine groups is 1. The van der Waals surface area contributed by atoms with Crippen LogP contribution in [0.5, 0.6) is 5.75 Å². The standard InChI is InChI=1S/C21H25ClN4O2/c1-28-16-6-4-5-15(13-16)18-14-19(24-23-18)21(27)26-11-9-25(10-12-26)20-8-3-2-7-17(20)22/h2-8,13,18-19,23-24H,9-12,14H2,1H3. The summed E-state index contributed by atoms with van der Waals surface area (Å²) in [7, 11) is 1.66. The van der Waals surface area contributed by atoms with Crippen LogP contribution in [0.15, 0.2) is 48.5 Å². The maximum absolute atomic E-state index is 13.0. The van der Waals surface area contributed by atoms with Gasteiger partial charge in [0.2, 0.25) is 5.91 Å². The molecule has 2 aliphatic rings. The van der Waals surface area contributed by atoms with E-state index in [4.69, 9.17) is 16.3 Å². The fraction of sp³-hybridized carbons (Fsp3) is 0.381. The van der Waals surface area contributed by atoms with Crippen LogP contribution in [0.25, 0.3) is 0 Å². The molecule has 2 aromatic rings. The molecule has 2 aliphatic heterocycles. The first kappa shape index (κ1) is 19.1. The predicted molar refractivity (Wildman–Crippen MR) is 111 cm³/mol. The molecule has 0 radical (unpaired) electrons. The average Bonchev–Trinajstić information content (AvgIpc) is 3.24. The second-order valence-electron chi connectivity index (χ2n) is 7.17. The zero-order chi connectivity index (χ0) is 19.5. The lowest BCUT2D eigenvalue weighted by molar-refractivity contribution is -0.133. The van der Waals surface area contributed by atoms with Crippen molar-refractivity contribution in [3.05, 3.63) is 59.1 Å². The Balaban J connectivity index is 1.34. The van der Waals surface area contributed by atoms with Crippen LogP contribution in [0.4, 0.5) is 5.69 Å². The number of carbonyl (C=O) groups is 1. The van der Waals surface area contributed by atoms with Crippen molar-refractivity contribution in [2.45, 2.75) is 18.5 Å². The number of halogens is 1. The summed E-state index contributed by atoms with van der Waals surface area (Å²) < 4.78 is 5.30. The molecule has 148 valence electrons. The van der Waals surface area contributed by atoms with Gasteiger partial charge in [-0.15, -0.1) is 0 Å². The minimum absolute atomic E-state index is 0.0912. The van der Waals surface area contributed by atoms with Crippen LogP contribution in [0.2, 0.25) is 5.02 Å². The number of nitrogens with one attached hydrogen (secondary N) is 2. The molecular formula is C21H25ClN4O2. The number of methoxy groups -OCH3 is 1. The summed E-state index contributed by atoms with van der Waals surface area (Å²) in [5, 5.41) is 0.755. The fourth-order valence-electron chi connectivity index (χ4n) is 3.89. The molecule has 2 N–H and O–H groups in total. The average molecular weight is 401 g/mol. The van der Waals surface area contributed by atoms with Crippen LogP contribution in [-0.2, 0) is 4.79 Å². The Hall–Kier alpha value is -2.28. The maximum atomic E-state index is 13.0. The molecular weight excluding hydrogens is 376 g/mol. The Labute approximate surface area is 170 Å². The first-order chi connectivity index (χ1) is 13.7. The summed E-state index contributed by atoms with van der Waals surface area (Å²) in [6, 6.07) is 15.7. The van der Waals surface area contributed by atoms with Gasteiger partial charge in [0.1, 0.15) is 11.8 Å². The van der Waals surface area contributed by atoms with E-state index in [1.54, 1.807) is 7.11 Å². The highest BCUT2D eigenvalue weighted by atomic mass is 35.5. The summed E-state index contributed by atoms with van der Waals surface area (Å²) >= 11 is 6.31. The second kappa shape index (κ2) is 8.39. The van der Waals surface area contributed by atoms with Gasteiger partial charge in [0.05, 0.1) is 17.8 Å². The van der Waals surface area contributed by atoms with E-state index in [1.807, 2.05) is 47.4 Å². The molecule has 1 amide bonds. The van der Waals surface area contributed by atoms with Crippen LogP contribution < -0.4 is 20.5 Å². The summed E-state index contributed by atoms with van der Waals surface area (Å²) in [5.41, 5.74) is 8.58. The van der Waals surface area contributed by atoms with Crippen molar-refractivity contribution in [2.24, 2.45) is 0 Å². The first-order valence-corrected chi connectivity index (χ1v) is 9.97. The van der Waals surface area contributed by atoms with Gasteiger partial charge in [-0.1, -0.05) is 35.9 Å². The molecule has 4 rings (SSSR count). The number of piperazine rings is 1. The molecule has 2 fully saturated rings. The number of benzene rings is 2. The lowest BCUT2D eigenvalue weighted by atomic mass is 10.0. The molecule has 28 heavy (non-hydrogen) atoms. The second-order valence-corrected chi connectivity index (χ2v) is 7.58. The van der Waals surface area contributed by atoms with Gasteiger partial charge < -0.3 is 14.5 Å². The summed E-state index contributed by atoms with van der Waals surface area (Å²) in [6.07, 6.45) is 0.719. The highest BCUT2D eigenvalue weighted by Gasteiger charge is 2.34. The van der Waals surface area contributed by atoms with Gasteiger partial charge in [-0.05, 0) is 36.2 Å². The predicted octanol–water partition coefficient (Wildman–Crippen LogP) is 2.60. The quantitative estimate of drug-likeness (QED) is 0.826. The van der Waals surface area contributed by atoms with Crippen molar-refractivity contribution in [2.75, 3.05) is 38.2 Å². The molecule has 0 bridgehead atoms. The van der Waals surface area contributed by atoms with Crippen molar-refractivity contribution < 1.29 is 9.53 Å². The van der Waals surface area contributed by atoms with E-state index in [0.29, 0.717) is 13.1 Å². The van der Waals surface area contributed by atoms with Crippen molar-refractivity contribution in [1.82, 2.24) is 15.8 Å². The Bertz CT molecular complexity index is 839. The molecule has 6 nitrogen and oxygen atoms in total. The SMILES string of the molecule is COc1cccc(C2CC(C(=O)N3CCN(c4ccccc4Cl)CC3)NN2)c1. The number of ether oxygens (including phenoxy) is 1. The highest BCUT2D eigenvalue weighted by molar-refractivity contribution is 6.33. The van der Waals surface area contributed by atoms with Crippen LogP contribution in [-0.4, -0.2) is 50.1 Å². The molecule has 0 aliphatic carbocycles. The number of amides is 1. The normalized spacial score (nSPS) is 22.4. The fourth-order valence-corrected chi connectivity index (χ4v) is 4.15. The van der Waals surface area contributed by atoms with Gasteiger partial charge in [-0.25, -0.2) is 10.9 Å². The third-order valence-electron chi connectivity index (χ3n) is 5.48. The molecule has 2 aromatic carbocycles. The Morgan fingerprint density at radius 3 is 2.61 bits per heavy atom. The van der Waals surface area contributed by atoms with E-state index in [2.05, 4.69) is 21.8 Å². The summed E-state index contributed by atoms with van der Waals surface area (Å²) in [4.78, 5) is 17.2. The number of rotatable bonds is 4. The number of nitrogens with zero attached hydrogens (tertiary/aromatic N) is 2. The summed E-state index contributed by atoms with van der Waals surface area (Å²) in [5.74, 6) is 0.974. The molecule has 7 heteroatoms.